The number of quaternary nitrogens is 1. The van der Waals surface area contributed by atoms with E-state index in [0.29, 0.717) is 24.1 Å². The summed E-state index contributed by atoms with van der Waals surface area (Å²) in [6.45, 7) is 5.36. The highest BCUT2D eigenvalue weighted by Gasteiger charge is 2.26. The fourth-order valence-corrected chi connectivity index (χ4v) is 6.24. The summed E-state index contributed by atoms with van der Waals surface area (Å²) in [6.07, 6.45) is 53.3. The Kier molecular flexibility index (Phi) is 38.8. The number of carbonyl (C=O) groups excluding carboxylic acids is 1. The molecule has 0 amide bonds. The van der Waals surface area contributed by atoms with Gasteiger partial charge in [0.2, 0.25) is 0 Å². The minimum atomic E-state index is -4.29. The highest BCUT2D eigenvalue weighted by molar-refractivity contribution is 7.47. The van der Waals surface area contributed by atoms with E-state index in [1.807, 2.05) is 21.1 Å². The SMILES string of the molecule is CC/C=C\C/C=C\C/C=C\C/C=C\C/C=C\CCCCCCCCOCC(COP(=O)(O)OCC[N+](C)(C)C)OC(=O)CCCCCCC/C=C\C/C=C\CCC. The van der Waals surface area contributed by atoms with Crippen LogP contribution < -0.4 is 0 Å². The number of unbranched alkanes of at least 4 members (excludes halogenated alkanes) is 12. The van der Waals surface area contributed by atoms with E-state index in [1.165, 1.54) is 25.7 Å². The van der Waals surface area contributed by atoms with E-state index >= 15 is 0 Å². The van der Waals surface area contributed by atoms with Gasteiger partial charge in [-0.25, -0.2) is 4.57 Å². The Bertz CT molecular complexity index is 1180. The molecule has 328 valence electrons. The summed E-state index contributed by atoms with van der Waals surface area (Å²) in [4.78, 5) is 22.9. The summed E-state index contributed by atoms with van der Waals surface area (Å²) >= 11 is 0. The molecule has 57 heavy (non-hydrogen) atoms. The van der Waals surface area contributed by atoms with Crippen molar-refractivity contribution in [1.29, 1.82) is 0 Å². The Morgan fingerprint density at radius 2 is 1.02 bits per heavy atom. The van der Waals surface area contributed by atoms with E-state index in [0.717, 1.165) is 109 Å². The summed E-state index contributed by atoms with van der Waals surface area (Å²) < 4.78 is 35.0. The van der Waals surface area contributed by atoms with Crippen molar-refractivity contribution in [3.05, 3.63) is 85.1 Å². The van der Waals surface area contributed by atoms with Crippen LogP contribution >= 0.6 is 7.82 Å². The molecule has 0 spiro atoms. The number of ether oxygens (including phenoxy) is 2. The lowest BCUT2D eigenvalue weighted by molar-refractivity contribution is -0.870. The first-order valence-corrected chi connectivity index (χ1v) is 23.8. The Balaban J connectivity index is 4.26. The van der Waals surface area contributed by atoms with Crippen molar-refractivity contribution in [3.8, 4) is 0 Å². The number of phosphoric acid groups is 1. The maximum absolute atomic E-state index is 12.7. The first-order chi connectivity index (χ1) is 27.6. The van der Waals surface area contributed by atoms with Crippen LogP contribution in [0.4, 0.5) is 0 Å². The quantitative estimate of drug-likeness (QED) is 0.0216. The van der Waals surface area contributed by atoms with Crippen LogP contribution in [0.25, 0.3) is 0 Å². The van der Waals surface area contributed by atoms with E-state index in [1.54, 1.807) is 0 Å². The van der Waals surface area contributed by atoms with E-state index < -0.39 is 13.9 Å². The van der Waals surface area contributed by atoms with Crippen molar-refractivity contribution in [2.75, 3.05) is 54.1 Å². The third-order valence-electron chi connectivity index (χ3n) is 8.92. The number of hydrogen-bond acceptors (Lipinski definition) is 6. The van der Waals surface area contributed by atoms with Gasteiger partial charge in [-0.2, -0.15) is 0 Å². The predicted octanol–water partition coefficient (Wildman–Crippen LogP) is 13.3. The van der Waals surface area contributed by atoms with E-state index in [2.05, 4.69) is 98.9 Å². The van der Waals surface area contributed by atoms with Gasteiger partial charge in [-0.15, -0.1) is 0 Å². The second kappa shape index (κ2) is 40.5. The topological polar surface area (TPSA) is 91.3 Å². The van der Waals surface area contributed by atoms with Crippen LogP contribution in [0.15, 0.2) is 85.1 Å². The summed E-state index contributed by atoms with van der Waals surface area (Å²) in [5, 5.41) is 0. The number of nitrogens with zero attached hydrogens (tertiary/aromatic N) is 1. The number of hydrogen-bond donors (Lipinski definition) is 1. The Hall–Kier alpha value is -2.32. The molecular weight excluding hydrogens is 734 g/mol. The lowest BCUT2D eigenvalue weighted by Gasteiger charge is -2.24. The van der Waals surface area contributed by atoms with Crippen molar-refractivity contribution in [2.45, 2.75) is 161 Å². The molecule has 0 saturated heterocycles. The standard InChI is InChI=1S/C48H84NO7P/c1-6-8-10-12-14-16-18-20-21-22-23-24-25-26-27-28-30-32-34-36-38-40-43-53-45-47(46-55-57(51,52)54-44-42-49(3,4)5)56-48(50)41-39-37-35-33-31-29-19-17-15-13-11-9-7-2/h8,10-11,13-14,16-17,19-21,23-24,26-27,47H,6-7,9,12,15,18,22,25,28-46H2,1-5H3/p+1/b10-8-,13-11-,16-14-,19-17-,21-20-,24-23-,27-26-. The fourth-order valence-electron chi connectivity index (χ4n) is 5.50. The largest absolute Gasteiger partial charge is 0.472 e. The van der Waals surface area contributed by atoms with Gasteiger partial charge < -0.3 is 18.9 Å². The molecular formula is C48H85NO7P+. The number of carbonyl (C=O) groups is 1. The van der Waals surface area contributed by atoms with Crippen molar-refractivity contribution < 1.29 is 37.3 Å². The number of likely N-dealkylation sites (N-methyl/N-ethyl adjacent to an activating group) is 1. The van der Waals surface area contributed by atoms with Crippen molar-refractivity contribution in [3.63, 3.8) is 0 Å². The molecule has 9 heteroatoms. The number of rotatable bonds is 40. The van der Waals surface area contributed by atoms with Crippen LogP contribution in [0.1, 0.15) is 155 Å². The predicted molar refractivity (Wildman–Crippen MR) is 242 cm³/mol. The van der Waals surface area contributed by atoms with Gasteiger partial charge in [0.1, 0.15) is 19.3 Å². The number of phosphoric ester groups is 1. The minimum Gasteiger partial charge on any atom is -0.457 e. The zero-order valence-corrected chi connectivity index (χ0v) is 37.9. The van der Waals surface area contributed by atoms with Crippen molar-refractivity contribution in [1.82, 2.24) is 0 Å². The molecule has 1 N–H and O–H groups in total. The molecule has 0 bridgehead atoms. The van der Waals surface area contributed by atoms with Crippen LogP contribution in [0, 0.1) is 0 Å². The van der Waals surface area contributed by atoms with Crippen LogP contribution in [-0.2, 0) is 27.9 Å². The summed E-state index contributed by atoms with van der Waals surface area (Å²) in [6, 6.07) is 0. The van der Waals surface area contributed by atoms with E-state index in [4.69, 9.17) is 18.5 Å². The normalized spacial score (nSPS) is 14.6. The summed E-state index contributed by atoms with van der Waals surface area (Å²) in [5.74, 6) is -0.338. The fraction of sp³-hybridized carbons (Fsp3) is 0.688. The molecule has 2 unspecified atom stereocenters. The average molecular weight is 819 g/mol. The van der Waals surface area contributed by atoms with Crippen LogP contribution in [0.3, 0.4) is 0 Å². The second-order valence-corrected chi connectivity index (χ2v) is 17.1. The van der Waals surface area contributed by atoms with Crippen LogP contribution in [0.2, 0.25) is 0 Å². The Morgan fingerprint density at radius 3 is 1.53 bits per heavy atom. The highest BCUT2D eigenvalue weighted by Crippen LogP contribution is 2.43. The molecule has 0 aliphatic heterocycles. The molecule has 0 saturated carbocycles. The van der Waals surface area contributed by atoms with Crippen LogP contribution in [-0.4, -0.2) is 75.6 Å². The van der Waals surface area contributed by atoms with Gasteiger partial charge in [-0.1, -0.05) is 150 Å². The minimum absolute atomic E-state index is 0.0777. The number of allylic oxidation sites excluding steroid dienone is 14. The third-order valence-corrected chi connectivity index (χ3v) is 9.91. The maximum Gasteiger partial charge on any atom is 0.472 e. The first kappa shape index (κ1) is 54.7. The summed E-state index contributed by atoms with van der Waals surface area (Å²) in [7, 11) is 1.63. The van der Waals surface area contributed by atoms with E-state index in [9.17, 15) is 14.3 Å². The second-order valence-electron chi connectivity index (χ2n) is 15.7. The molecule has 0 fully saturated rings. The maximum atomic E-state index is 12.7. The molecule has 8 nitrogen and oxygen atoms in total. The molecule has 0 radical (unpaired) electrons. The van der Waals surface area contributed by atoms with Crippen LogP contribution in [0.5, 0.6) is 0 Å². The smallest absolute Gasteiger partial charge is 0.457 e. The Labute approximate surface area is 350 Å². The third kappa shape index (κ3) is 44.6. The van der Waals surface area contributed by atoms with Gasteiger partial charge >= 0.3 is 13.8 Å². The lowest BCUT2D eigenvalue weighted by Crippen LogP contribution is -2.37. The van der Waals surface area contributed by atoms with Crippen molar-refractivity contribution >= 4 is 13.8 Å². The van der Waals surface area contributed by atoms with Gasteiger partial charge in [0, 0.05) is 13.0 Å². The summed E-state index contributed by atoms with van der Waals surface area (Å²) in [5.41, 5.74) is 0. The zero-order chi connectivity index (χ0) is 42.0. The highest BCUT2D eigenvalue weighted by atomic mass is 31.2. The lowest BCUT2D eigenvalue weighted by atomic mass is 10.1. The van der Waals surface area contributed by atoms with Crippen molar-refractivity contribution in [2.24, 2.45) is 0 Å². The molecule has 0 aromatic carbocycles. The van der Waals surface area contributed by atoms with E-state index in [-0.39, 0.29) is 25.8 Å². The molecule has 0 aliphatic carbocycles. The van der Waals surface area contributed by atoms with Gasteiger partial charge in [0.25, 0.3) is 0 Å². The zero-order valence-electron chi connectivity index (χ0n) is 37.0. The molecule has 0 rings (SSSR count). The Morgan fingerprint density at radius 1 is 0.561 bits per heavy atom. The monoisotopic (exact) mass is 819 g/mol. The molecule has 0 aromatic heterocycles. The van der Waals surface area contributed by atoms with Gasteiger partial charge in [-0.3, -0.25) is 13.8 Å². The molecule has 0 heterocycles. The molecule has 0 aliphatic rings. The first-order valence-electron chi connectivity index (χ1n) is 22.3. The van der Waals surface area contributed by atoms with Gasteiger partial charge in [0.15, 0.2) is 0 Å². The molecule has 0 aromatic rings. The average Bonchev–Trinajstić information content (AvgIpc) is 3.16. The number of esters is 1. The van der Waals surface area contributed by atoms with Gasteiger partial charge in [-0.05, 0) is 83.5 Å². The molecule has 2 atom stereocenters. The van der Waals surface area contributed by atoms with Gasteiger partial charge in [0.05, 0.1) is 34.4 Å².